The number of methoxy groups -OCH3 is 1. The van der Waals surface area contributed by atoms with Crippen molar-refractivity contribution in [1.29, 1.82) is 0 Å². The molecule has 0 amide bonds. The number of nitrogens with zero attached hydrogens (tertiary/aromatic N) is 1. The van der Waals surface area contributed by atoms with Gasteiger partial charge in [-0.3, -0.25) is 4.90 Å². The van der Waals surface area contributed by atoms with Crippen molar-refractivity contribution < 1.29 is 19.4 Å². The predicted molar refractivity (Wildman–Crippen MR) is 71.2 cm³/mol. The summed E-state index contributed by atoms with van der Waals surface area (Å²) in [5, 5.41) is 8.96. The van der Waals surface area contributed by atoms with Gasteiger partial charge in [-0.05, 0) is 38.5 Å². The Morgan fingerprint density at radius 2 is 2.16 bits per heavy atom. The normalized spacial score (nSPS) is 28.8. The van der Waals surface area contributed by atoms with Crippen LogP contribution in [0, 0.1) is 5.92 Å². The highest BCUT2D eigenvalue weighted by molar-refractivity contribution is 5.72. The maximum absolute atomic E-state index is 10.9. The van der Waals surface area contributed by atoms with Gasteiger partial charge in [-0.25, -0.2) is 4.79 Å². The van der Waals surface area contributed by atoms with Crippen molar-refractivity contribution in [2.45, 2.75) is 50.9 Å². The zero-order chi connectivity index (χ0) is 13.8. The molecular weight excluding hydrogens is 246 g/mol. The lowest BCUT2D eigenvalue weighted by Gasteiger charge is -2.31. The van der Waals surface area contributed by atoms with Crippen LogP contribution in [0.5, 0.6) is 0 Å². The molecule has 0 bridgehead atoms. The van der Waals surface area contributed by atoms with Crippen molar-refractivity contribution in [3.05, 3.63) is 0 Å². The van der Waals surface area contributed by atoms with Crippen molar-refractivity contribution in [1.82, 2.24) is 4.90 Å². The fourth-order valence-corrected chi connectivity index (χ4v) is 2.83. The van der Waals surface area contributed by atoms with E-state index in [0.717, 1.165) is 25.4 Å². The first-order valence-corrected chi connectivity index (χ1v) is 7.23. The number of carboxylic acid groups (broad SMARTS) is 1. The van der Waals surface area contributed by atoms with Gasteiger partial charge in [-0.15, -0.1) is 0 Å². The van der Waals surface area contributed by atoms with E-state index < -0.39 is 12.1 Å². The molecule has 3 atom stereocenters. The third-order valence-corrected chi connectivity index (χ3v) is 4.28. The first-order chi connectivity index (χ1) is 9.11. The minimum atomic E-state index is -0.832. The van der Waals surface area contributed by atoms with Crippen molar-refractivity contribution in [3.63, 3.8) is 0 Å². The van der Waals surface area contributed by atoms with Gasteiger partial charge < -0.3 is 14.6 Å². The molecule has 0 aromatic heterocycles. The highest BCUT2D eigenvalue weighted by Crippen LogP contribution is 2.35. The summed E-state index contributed by atoms with van der Waals surface area (Å²) in [4.78, 5) is 13.3. The average Bonchev–Trinajstić information content (AvgIpc) is 3.13. The number of aliphatic carboxylic acids is 1. The molecule has 5 nitrogen and oxygen atoms in total. The minimum absolute atomic E-state index is 0.0548. The molecule has 110 valence electrons. The zero-order valence-corrected chi connectivity index (χ0v) is 11.9. The van der Waals surface area contributed by atoms with Crippen LogP contribution >= 0.6 is 0 Å². The van der Waals surface area contributed by atoms with Gasteiger partial charge >= 0.3 is 5.97 Å². The third-order valence-electron chi connectivity index (χ3n) is 4.28. The van der Waals surface area contributed by atoms with Crippen LogP contribution in [-0.2, 0) is 14.3 Å². The molecule has 0 aromatic carbocycles. The topological polar surface area (TPSA) is 59.0 Å². The van der Waals surface area contributed by atoms with Gasteiger partial charge in [0.1, 0.15) is 0 Å². The number of hydrogen-bond acceptors (Lipinski definition) is 4. The molecule has 2 rings (SSSR count). The molecule has 1 saturated heterocycles. The number of carboxylic acids is 1. The molecule has 0 aromatic rings. The second-order valence-corrected chi connectivity index (χ2v) is 5.73. The molecule has 19 heavy (non-hydrogen) atoms. The lowest BCUT2D eigenvalue weighted by atomic mass is 10.1. The van der Waals surface area contributed by atoms with Gasteiger partial charge in [0.2, 0.25) is 0 Å². The van der Waals surface area contributed by atoms with Gasteiger partial charge in [0.25, 0.3) is 0 Å². The van der Waals surface area contributed by atoms with Crippen LogP contribution in [0.1, 0.15) is 32.6 Å². The first kappa shape index (κ1) is 14.8. The van der Waals surface area contributed by atoms with Gasteiger partial charge in [0.05, 0.1) is 12.7 Å². The lowest BCUT2D eigenvalue weighted by Crippen LogP contribution is -2.42. The summed E-state index contributed by atoms with van der Waals surface area (Å²) >= 11 is 0. The standard InChI is InChI=1S/C14H25NO4/c1-10(11-3-4-11)15(7-8-18-2)9-12-5-6-13(19-12)14(16)17/h10-13H,3-9H2,1-2H3,(H,16,17). The van der Waals surface area contributed by atoms with Crippen LogP contribution in [0.2, 0.25) is 0 Å². The van der Waals surface area contributed by atoms with E-state index in [1.54, 1.807) is 7.11 Å². The first-order valence-electron chi connectivity index (χ1n) is 7.23. The number of carbonyl (C=O) groups is 1. The molecule has 2 aliphatic rings. The SMILES string of the molecule is COCCN(CC1CCC(C(=O)O)O1)C(C)C1CC1. The summed E-state index contributed by atoms with van der Waals surface area (Å²) in [5.74, 6) is -0.0327. The summed E-state index contributed by atoms with van der Waals surface area (Å²) in [6, 6.07) is 0.544. The van der Waals surface area contributed by atoms with Crippen molar-refractivity contribution in [2.24, 2.45) is 5.92 Å². The smallest absolute Gasteiger partial charge is 0.332 e. The highest BCUT2D eigenvalue weighted by Gasteiger charge is 2.36. The van der Waals surface area contributed by atoms with E-state index in [4.69, 9.17) is 14.6 Å². The Morgan fingerprint density at radius 1 is 1.42 bits per heavy atom. The van der Waals surface area contributed by atoms with Gasteiger partial charge in [0.15, 0.2) is 6.10 Å². The third kappa shape index (κ3) is 4.16. The molecule has 0 radical (unpaired) electrons. The van der Waals surface area contributed by atoms with Crippen molar-refractivity contribution in [3.8, 4) is 0 Å². The molecule has 1 aliphatic heterocycles. The fourth-order valence-electron chi connectivity index (χ4n) is 2.83. The molecule has 0 spiro atoms. The molecule has 1 saturated carbocycles. The molecule has 2 fully saturated rings. The van der Waals surface area contributed by atoms with Gasteiger partial charge in [-0.2, -0.15) is 0 Å². The van der Waals surface area contributed by atoms with Crippen LogP contribution in [0.15, 0.2) is 0 Å². The largest absolute Gasteiger partial charge is 0.479 e. The molecular formula is C14H25NO4. The van der Waals surface area contributed by atoms with Gasteiger partial charge in [0, 0.05) is 26.2 Å². The van der Waals surface area contributed by atoms with Crippen molar-refractivity contribution in [2.75, 3.05) is 26.8 Å². The average molecular weight is 271 g/mol. The Kier molecular flexibility index (Phi) is 5.19. The van der Waals surface area contributed by atoms with E-state index in [-0.39, 0.29) is 6.10 Å². The quantitative estimate of drug-likeness (QED) is 0.722. The Morgan fingerprint density at radius 3 is 2.68 bits per heavy atom. The van der Waals surface area contributed by atoms with Crippen LogP contribution in [0.4, 0.5) is 0 Å². The molecule has 3 unspecified atom stereocenters. The highest BCUT2D eigenvalue weighted by atomic mass is 16.5. The Labute approximate surface area is 114 Å². The van der Waals surface area contributed by atoms with Crippen molar-refractivity contribution >= 4 is 5.97 Å². The predicted octanol–water partition coefficient (Wildman–Crippen LogP) is 1.37. The summed E-state index contributed by atoms with van der Waals surface area (Å²) in [6.07, 6.45) is 3.56. The van der Waals surface area contributed by atoms with Crippen LogP contribution in [0.3, 0.4) is 0 Å². The Bertz CT molecular complexity index is 306. The summed E-state index contributed by atoms with van der Waals surface area (Å²) in [7, 11) is 1.71. The van der Waals surface area contributed by atoms with Crippen LogP contribution < -0.4 is 0 Å². The molecule has 1 N–H and O–H groups in total. The maximum Gasteiger partial charge on any atom is 0.332 e. The molecule has 1 heterocycles. The monoisotopic (exact) mass is 271 g/mol. The number of rotatable bonds is 8. The summed E-state index contributed by atoms with van der Waals surface area (Å²) in [6.45, 7) is 4.69. The second kappa shape index (κ2) is 6.68. The lowest BCUT2D eigenvalue weighted by molar-refractivity contribution is -0.149. The minimum Gasteiger partial charge on any atom is -0.479 e. The molecule has 1 aliphatic carbocycles. The maximum atomic E-state index is 10.9. The summed E-state index contributed by atoms with van der Waals surface area (Å²) < 4.78 is 10.8. The van der Waals surface area contributed by atoms with E-state index >= 15 is 0 Å². The summed E-state index contributed by atoms with van der Waals surface area (Å²) in [5.41, 5.74) is 0. The molecule has 5 heteroatoms. The second-order valence-electron chi connectivity index (χ2n) is 5.73. The Balaban J connectivity index is 1.83. The van der Waals surface area contributed by atoms with E-state index in [2.05, 4.69) is 11.8 Å². The fraction of sp³-hybridized carbons (Fsp3) is 0.929. The van der Waals surface area contributed by atoms with E-state index in [1.165, 1.54) is 12.8 Å². The zero-order valence-electron chi connectivity index (χ0n) is 11.9. The number of ether oxygens (including phenoxy) is 2. The van der Waals surface area contributed by atoms with E-state index in [9.17, 15) is 4.79 Å². The Hall–Kier alpha value is -0.650. The van der Waals surface area contributed by atoms with Crippen LogP contribution in [-0.4, -0.2) is 61.0 Å². The van der Waals surface area contributed by atoms with E-state index in [0.29, 0.717) is 19.1 Å². The van der Waals surface area contributed by atoms with Gasteiger partial charge in [-0.1, -0.05) is 0 Å². The van der Waals surface area contributed by atoms with Crippen LogP contribution in [0.25, 0.3) is 0 Å². The van der Waals surface area contributed by atoms with E-state index in [1.807, 2.05) is 0 Å². The number of hydrogen-bond donors (Lipinski definition) is 1.